The van der Waals surface area contributed by atoms with Crippen LogP contribution < -0.4 is 4.74 Å². The van der Waals surface area contributed by atoms with Crippen molar-refractivity contribution in [2.24, 2.45) is 5.92 Å². The number of aliphatic hydroxyl groups excluding tert-OH is 2. The smallest absolute Gasteiger partial charge is 0.168 e. The molecule has 19 heavy (non-hydrogen) atoms. The maximum Gasteiger partial charge on any atom is 0.168 e. The SMILES string of the molecule is CCC(CC)C(O)C(O)Cc1cccc(OC)c1F. The number of aliphatic hydroxyl groups is 2. The highest BCUT2D eigenvalue weighted by Crippen LogP contribution is 2.23. The fourth-order valence-corrected chi connectivity index (χ4v) is 2.30. The summed E-state index contributed by atoms with van der Waals surface area (Å²) in [6.45, 7) is 3.94. The number of rotatable bonds is 7. The normalized spacial score (nSPS) is 14.5. The third kappa shape index (κ3) is 3.91. The Balaban J connectivity index is 2.79. The van der Waals surface area contributed by atoms with Gasteiger partial charge in [-0.05, 0) is 17.5 Å². The van der Waals surface area contributed by atoms with E-state index in [0.717, 1.165) is 12.8 Å². The molecule has 0 aliphatic heterocycles. The third-order valence-corrected chi connectivity index (χ3v) is 3.62. The molecular weight excluding hydrogens is 247 g/mol. The predicted molar refractivity (Wildman–Crippen MR) is 72.7 cm³/mol. The average molecular weight is 270 g/mol. The van der Waals surface area contributed by atoms with Gasteiger partial charge in [-0.2, -0.15) is 0 Å². The zero-order valence-electron chi connectivity index (χ0n) is 11.8. The van der Waals surface area contributed by atoms with E-state index in [1.54, 1.807) is 12.1 Å². The standard InChI is InChI=1S/C15H23FO3/c1-4-10(5-2)15(18)12(17)9-11-7-6-8-13(19-3)14(11)16/h6-8,10,12,15,17-18H,4-5,9H2,1-3H3. The van der Waals surface area contributed by atoms with Gasteiger partial charge in [0.05, 0.1) is 19.3 Å². The Morgan fingerprint density at radius 3 is 2.37 bits per heavy atom. The van der Waals surface area contributed by atoms with Crippen LogP contribution in [0.3, 0.4) is 0 Å². The van der Waals surface area contributed by atoms with E-state index < -0.39 is 18.0 Å². The van der Waals surface area contributed by atoms with Crippen molar-refractivity contribution < 1.29 is 19.3 Å². The summed E-state index contributed by atoms with van der Waals surface area (Å²) in [5.41, 5.74) is 0.358. The van der Waals surface area contributed by atoms with Crippen molar-refractivity contribution in [1.29, 1.82) is 0 Å². The van der Waals surface area contributed by atoms with E-state index >= 15 is 0 Å². The molecule has 1 rings (SSSR count). The summed E-state index contributed by atoms with van der Waals surface area (Å²) in [6, 6.07) is 4.80. The zero-order valence-corrected chi connectivity index (χ0v) is 11.8. The molecule has 0 bridgehead atoms. The van der Waals surface area contributed by atoms with E-state index in [1.165, 1.54) is 13.2 Å². The lowest BCUT2D eigenvalue weighted by atomic mass is 9.90. The van der Waals surface area contributed by atoms with Gasteiger partial charge in [0.25, 0.3) is 0 Å². The monoisotopic (exact) mass is 270 g/mol. The molecule has 2 N–H and O–H groups in total. The van der Waals surface area contributed by atoms with Crippen LogP contribution in [0, 0.1) is 11.7 Å². The van der Waals surface area contributed by atoms with Gasteiger partial charge in [-0.1, -0.05) is 38.8 Å². The maximum atomic E-state index is 13.9. The quantitative estimate of drug-likeness (QED) is 0.800. The van der Waals surface area contributed by atoms with Crippen LogP contribution in [0.4, 0.5) is 4.39 Å². The maximum absolute atomic E-state index is 13.9. The Kier molecular flexibility index (Phi) is 6.25. The second-order valence-corrected chi connectivity index (χ2v) is 4.77. The fourth-order valence-electron chi connectivity index (χ4n) is 2.30. The van der Waals surface area contributed by atoms with E-state index in [1.807, 2.05) is 13.8 Å². The molecule has 0 fully saturated rings. The van der Waals surface area contributed by atoms with Crippen molar-refractivity contribution in [3.8, 4) is 5.75 Å². The van der Waals surface area contributed by atoms with Gasteiger partial charge in [0.1, 0.15) is 0 Å². The molecule has 0 aromatic heterocycles. The van der Waals surface area contributed by atoms with Gasteiger partial charge < -0.3 is 14.9 Å². The van der Waals surface area contributed by atoms with Crippen LogP contribution in [0.5, 0.6) is 5.75 Å². The van der Waals surface area contributed by atoms with Crippen molar-refractivity contribution in [1.82, 2.24) is 0 Å². The highest BCUT2D eigenvalue weighted by molar-refractivity contribution is 5.31. The first kappa shape index (κ1) is 15.9. The molecule has 4 heteroatoms. The molecule has 1 aromatic carbocycles. The number of benzene rings is 1. The van der Waals surface area contributed by atoms with Crippen LogP contribution in [-0.4, -0.2) is 29.5 Å². The molecule has 0 spiro atoms. The zero-order chi connectivity index (χ0) is 14.4. The highest BCUT2D eigenvalue weighted by Gasteiger charge is 2.25. The van der Waals surface area contributed by atoms with Crippen molar-refractivity contribution in [3.05, 3.63) is 29.6 Å². The molecule has 3 nitrogen and oxygen atoms in total. The van der Waals surface area contributed by atoms with Gasteiger partial charge in [-0.25, -0.2) is 4.39 Å². The Morgan fingerprint density at radius 2 is 1.84 bits per heavy atom. The Hall–Kier alpha value is -1.13. The van der Waals surface area contributed by atoms with E-state index in [2.05, 4.69) is 0 Å². The first-order chi connectivity index (χ1) is 9.04. The third-order valence-electron chi connectivity index (χ3n) is 3.62. The molecule has 0 saturated heterocycles. The lowest BCUT2D eigenvalue weighted by molar-refractivity contribution is -0.0191. The molecule has 0 aliphatic carbocycles. The molecule has 108 valence electrons. The van der Waals surface area contributed by atoms with Gasteiger partial charge in [0.2, 0.25) is 0 Å². The molecule has 2 unspecified atom stereocenters. The summed E-state index contributed by atoms with van der Waals surface area (Å²) in [7, 11) is 1.40. The van der Waals surface area contributed by atoms with Crippen molar-refractivity contribution in [3.63, 3.8) is 0 Å². The molecule has 0 aliphatic rings. The lowest BCUT2D eigenvalue weighted by Crippen LogP contribution is -2.34. The summed E-state index contributed by atoms with van der Waals surface area (Å²) < 4.78 is 18.8. The fraction of sp³-hybridized carbons (Fsp3) is 0.600. The van der Waals surface area contributed by atoms with E-state index in [0.29, 0.717) is 5.56 Å². The van der Waals surface area contributed by atoms with Crippen LogP contribution in [0.25, 0.3) is 0 Å². The van der Waals surface area contributed by atoms with Gasteiger partial charge in [0.15, 0.2) is 11.6 Å². The minimum Gasteiger partial charge on any atom is -0.494 e. The Bertz CT molecular complexity index is 391. The van der Waals surface area contributed by atoms with Crippen molar-refractivity contribution in [2.75, 3.05) is 7.11 Å². The van der Waals surface area contributed by atoms with Crippen LogP contribution in [0.2, 0.25) is 0 Å². The molecule has 0 saturated carbocycles. The highest BCUT2D eigenvalue weighted by atomic mass is 19.1. The number of ether oxygens (including phenoxy) is 1. The minimum absolute atomic E-state index is 0.0312. The summed E-state index contributed by atoms with van der Waals surface area (Å²) in [6.07, 6.45) is -0.141. The molecular formula is C15H23FO3. The van der Waals surface area contributed by atoms with Gasteiger partial charge >= 0.3 is 0 Å². The molecule has 0 amide bonds. The minimum atomic E-state index is -0.966. The van der Waals surface area contributed by atoms with Gasteiger partial charge in [0, 0.05) is 6.42 Å². The van der Waals surface area contributed by atoms with E-state index in [4.69, 9.17) is 4.74 Å². The number of methoxy groups -OCH3 is 1. The number of halogens is 1. The lowest BCUT2D eigenvalue weighted by Gasteiger charge is -2.25. The Morgan fingerprint density at radius 1 is 1.21 bits per heavy atom. The largest absolute Gasteiger partial charge is 0.494 e. The van der Waals surface area contributed by atoms with Crippen LogP contribution >= 0.6 is 0 Å². The summed E-state index contributed by atoms with van der Waals surface area (Å²) in [5, 5.41) is 20.1. The summed E-state index contributed by atoms with van der Waals surface area (Å²) in [4.78, 5) is 0. The van der Waals surface area contributed by atoms with Gasteiger partial charge in [-0.3, -0.25) is 0 Å². The van der Waals surface area contributed by atoms with Gasteiger partial charge in [-0.15, -0.1) is 0 Å². The Labute approximate surface area is 114 Å². The van der Waals surface area contributed by atoms with Crippen LogP contribution in [0.15, 0.2) is 18.2 Å². The van der Waals surface area contributed by atoms with Crippen LogP contribution in [-0.2, 0) is 6.42 Å². The van der Waals surface area contributed by atoms with E-state index in [-0.39, 0.29) is 18.1 Å². The predicted octanol–water partition coefficient (Wildman–Crippen LogP) is 2.53. The summed E-state index contributed by atoms with van der Waals surface area (Å²) >= 11 is 0. The van der Waals surface area contributed by atoms with Crippen molar-refractivity contribution in [2.45, 2.75) is 45.3 Å². The molecule has 1 aromatic rings. The number of hydrogen-bond acceptors (Lipinski definition) is 3. The average Bonchev–Trinajstić information content (AvgIpc) is 2.42. The summed E-state index contributed by atoms with van der Waals surface area (Å²) in [5.74, 6) is -0.286. The first-order valence-electron chi connectivity index (χ1n) is 6.72. The second-order valence-electron chi connectivity index (χ2n) is 4.77. The topological polar surface area (TPSA) is 49.7 Å². The van der Waals surface area contributed by atoms with Crippen LogP contribution in [0.1, 0.15) is 32.3 Å². The number of hydrogen-bond donors (Lipinski definition) is 2. The first-order valence-corrected chi connectivity index (χ1v) is 6.72. The molecule has 2 atom stereocenters. The second kappa shape index (κ2) is 7.46. The van der Waals surface area contributed by atoms with E-state index in [9.17, 15) is 14.6 Å². The molecule has 0 heterocycles. The molecule has 0 radical (unpaired) electrons. The van der Waals surface area contributed by atoms with Crippen molar-refractivity contribution >= 4 is 0 Å².